The van der Waals surface area contributed by atoms with E-state index in [1.54, 1.807) is 0 Å². The van der Waals surface area contributed by atoms with Gasteiger partial charge in [-0.25, -0.2) is 0 Å². The van der Waals surface area contributed by atoms with Crippen molar-refractivity contribution in [1.29, 1.82) is 0 Å². The quantitative estimate of drug-likeness (QED) is 0.162. The molecule has 1 aromatic heterocycles. The normalized spacial score (nSPS) is 11.3. The molecule has 9 aromatic carbocycles. The second-order valence-electron chi connectivity index (χ2n) is 13.8. The van der Waals surface area contributed by atoms with E-state index in [0.717, 1.165) is 22.7 Å². The van der Waals surface area contributed by atoms with Gasteiger partial charge in [0.25, 0.3) is 0 Å². The Balaban J connectivity index is 0.992. The Kier molecular flexibility index (Phi) is 7.85. The highest BCUT2D eigenvalue weighted by atomic mass is 15.1. The van der Waals surface area contributed by atoms with Crippen LogP contribution in [0.5, 0.6) is 0 Å². The van der Waals surface area contributed by atoms with Gasteiger partial charge < -0.3 is 9.47 Å². The van der Waals surface area contributed by atoms with Crippen LogP contribution in [0.4, 0.5) is 17.1 Å². The van der Waals surface area contributed by atoms with Crippen molar-refractivity contribution >= 4 is 49.6 Å². The van der Waals surface area contributed by atoms with E-state index in [1.165, 1.54) is 66.0 Å². The average Bonchev–Trinajstić information content (AvgIpc) is 3.58. The van der Waals surface area contributed by atoms with Gasteiger partial charge >= 0.3 is 0 Å². The molecule has 0 aliphatic heterocycles. The molecule has 2 heteroatoms. The van der Waals surface area contributed by atoms with Gasteiger partial charge in [-0.3, -0.25) is 0 Å². The highest BCUT2D eigenvalue weighted by Crippen LogP contribution is 2.39. The maximum absolute atomic E-state index is 2.39. The molecule has 0 aliphatic carbocycles. The second-order valence-corrected chi connectivity index (χ2v) is 13.8. The third kappa shape index (κ3) is 5.71. The predicted octanol–water partition coefficient (Wildman–Crippen LogP) is 14.4. The number of fused-ring (bicyclic) bond motifs is 4. The number of anilines is 3. The third-order valence-corrected chi connectivity index (χ3v) is 10.6. The lowest BCUT2D eigenvalue weighted by Crippen LogP contribution is -2.09. The summed E-state index contributed by atoms with van der Waals surface area (Å²) in [5.41, 5.74) is 14.2. The van der Waals surface area contributed by atoms with Crippen molar-refractivity contribution in [3.63, 3.8) is 0 Å². The number of hydrogen-bond acceptors (Lipinski definition) is 1. The summed E-state index contributed by atoms with van der Waals surface area (Å²) in [6, 6.07) is 78.8. The molecule has 0 fully saturated rings. The van der Waals surface area contributed by atoms with Crippen LogP contribution < -0.4 is 4.90 Å². The summed E-state index contributed by atoms with van der Waals surface area (Å²) in [5.74, 6) is 0. The first-order valence-electron chi connectivity index (χ1n) is 18.5. The molecule has 0 saturated carbocycles. The fourth-order valence-corrected chi connectivity index (χ4v) is 7.89. The number of hydrogen-bond donors (Lipinski definition) is 0. The molecule has 0 atom stereocenters. The van der Waals surface area contributed by atoms with Crippen molar-refractivity contribution in [3.05, 3.63) is 218 Å². The molecule has 0 spiro atoms. The molecule has 0 N–H and O–H groups in total. The zero-order chi connectivity index (χ0) is 35.8. The molecule has 0 bridgehead atoms. The molecule has 10 rings (SSSR count). The summed E-state index contributed by atoms with van der Waals surface area (Å²) >= 11 is 0. The Morgan fingerprint density at radius 1 is 0.278 bits per heavy atom. The minimum absolute atomic E-state index is 1.12. The van der Waals surface area contributed by atoms with Crippen LogP contribution in [0.2, 0.25) is 0 Å². The van der Waals surface area contributed by atoms with Crippen molar-refractivity contribution in [2.75, 3.05) is 4.90 Å². The van der Waals surface area contributed by atoms with Gasteiger partial charge in [0, 0.05) is 33.5 Å². The zero-order valence-electron chi connectivity index (χ0n) is 29.7. The molecule has 0 saturated heterocycles. The number of rotatable bonds is 7. The number of aromatic nitrogens is 1. The fourth-order valence-electron chi connectivity index (χ4n) is 7.89. The van der Waals surface area contributed by atoms with E-state index in [1.807, 2.05) is 0 Å². The second kappa shape index (κ2) is 13.4. The highest BCUT2D eigenvalue weighted by Gasteiger charge is 2.15. The smallest absolute Gasteiger partial charge is 0.0541 e. The molecular formula is C52H36N2. The minimum atomic E-state index is 1.12. The standard InChI is InChI=1S/C52H36N2/c1-3-12-37(13-4-1)39-22-30-47(31-23-39)54-51-21-10-9-20-49(51)50-36-44(27-33-52(50)54)42-17-11-16-41(34-42)40-24-28-46(29-25-40)53(45-18-5-2-6-19-45)48-32-26-38-14-7-8-15-43(38)35-48/h1-36H. The Bertz CT molecular complexity index is 2910. The van der Waals surface area contributed by atoms with E-state index >= 15 is 0 Å². The first-order valence-corrected chi connectivity index (χ1v) is 18.5. The summed E-state index contributed by atoms with van der Waals surface area (Å²) in [6.07, 6.45) is 0. The van der Waals surface area contributed by atoms with Crippen molar-refractivity contribution in [2.24, 2.45) is 0 Å². The Labute approximate surface area is 315 Å². The van der Waals surface area contributed by atoms with Gasteiger partial charge in [-0.1, -0.05) is 146 Å². The predicted molar refractivity (Wildman–Crippen MR) is 229 cm³/mol. The van der Waals surface area contributed by atoms with E-state index in [2.05, 4.69) is 228 Å². The van der Waals surface area contributed by atoms with Gasteiger partial charge in [0.1, 0.15) is 0 Å². The summed E-state index contributed by atoms with van der Waals surface area (Å²) in [4.78, 5) is 2.33. The maximum Gasteiger partial charge on any atom is 0.0541 e. The van der Waals surface area contributed by atoms with Gasteiger partial charge in [0.05, 0.1) is 11.0 Å². The Morgan fingerprint density at radius 2 is 0.796 bits per heavy atom. The van der Waals surface area contributed by atoms with Gasteiger partial charge in [0.15, 0.2) is 0 Å². The zero-order valence-corrected chi connectivity index (χ0v) is 29.7. The third-order valence-electron chi connectivity index (χ3n) is 10.6. The maximum atomic E-state index is 2.39. The van der Waals surface area contributed by atoms with E-state index in [4.69, 9.17) is 0 Å². The minimum Gasteiger partial charge on any atom is -0.310 e. The fraction of sp³-hybridized carbons (Fsp3) is 0. The van der Waals surface area contributed by atoms with Crippen LogP contribution in [-0.2, 0) is 0 Å². The van der Waals surface area contributed by atoms with Crippen LogP contribution in [0.3, 0.4) is 0 Å². The van der Waals surface area contributed by atoms with E-state index in [-0.39, 0.29) is 0 Å². The van der Waals surface area contributed by atoms with E-state index in [9.17, 15) is 0 Å². The van der Waals surface area contributed by atoms with Crippen LogP contribution >= 0.6 is 0 Å². The first kappa shape index (κ1) is 31.6. The number of para-hydroxylation sites is 2. The molecule has 0 aliphatic rings. The van der Waals surface area contributed by atoms with Gasteiger partial charge in [-0.2, -0.15) is 0 Å². The molecular weight excluding hydrogens is 653 g/mol. The van der Waals surface area contributed by atoms with Crippen molar-refractivity contribution in [1.82, 2.24) is 4.57 Å². The molecule has 2 nitrogen and oxygen atoms in total. The van der Waals surface area contributed by atoms with Gasteiger partial charge in [-0.05, 0) is 117 Å². The van der Waals surface area contributed by atoms with Crippen LogP contribution in [-0.4, -0.2) is 4.57 Å². The number of nitrogens with zero attached hydrogens (tertiary/aromatic N) is 2. The topological polar surface area (TPSA) is 8.17 Å². The monoisotopic (exact) mass is 688 g/mol. The Morgan fingerprint density at radius 3 is 1.59 bits per heavy atom. The molecule has 0 unspecified atom stereocenters. The molecule has 1 heterocycles. The van der Waals surface area contributed by atoms with E-state index < -0.39 is 0 Å². The summed E-state index contributed by atoms with van der Waals surface area (Å²) in [7, 11) is 0. The highest BCUT2D eigenvalue weighted by molar-refractivity contribution is 6.10. The Hall–Kier alpha value is -7.16. The average molecular weight is 689 g/mol. The SMILES string of the molecule is c1ccc(-c2ccc(-n3c4ccccc4c4cc(-c5cccc(-c6ccc(N(c7ccccc7)c7ccc8ccccc8c7)cc6)c5)ccc43)cc2)cc1. The molecule has 254 valence electrons. The lowest BCUT2D eigenvalue weighted by molar-refractivity contribution is 1.18. The first-order chi connectivity index (χ1) is 26.8. The molecule has 0 radical (unpaired) electrons. The van der Waals surface area contributed by atoms with Crippen molar-refractivity contribution in [2.45, 2.75) is 0 Å². The van der Waals surface area contributed by atoms with Gasteiger partial charge in [-0.15, -0.1) is 0 Å². The van der Waals surface area contributed by atoms with Crippen molar-refractivity contribution in [3.8, 4) is 39.1 Å². The largest absolute Gasteiger partial charge is 0.310 e. The molecule has 0 amide bonds. The van der Waals surface area contributed by atoms with Crippen LogP contribution in [0.25, 0.3) is 71.6 Å². The lowest BCUT2D eigenvalue weighted by atomic mass is 9.97. The summed E-state index contributed by atoms with van der Waals surface area (Å²) in [6.45, 7) is 0. The van der Waals surface area contributed by atoms with Crippen molar-refractivity contribution < 1.29 is 0 Å². The summed E-state index contributed by atoms with van der Waals surface area (Å²) < 4.78 is 2.39. The van der Waals surface area contributed by atoms with Crippen LogP contribution in [0.1, 0.15) is 0 Å². The van der Waals surface area contributed by atoms with E-state index in [0.29, 0.717) is 0 Å². The molecule has 10 aromatic rings. The summed E-state index contributed by atoms with van der Waals surface area (Å²) in [5, 5.41) is 4.97. The molecule has 54 heavy (non-hydrogen) atoms. The van der Waals surface area contributed by atoms with Crippen LogP contribution in [0, 0.1) is 0 Å². The van der Waals surface area contributed by atoms with Gasteiger partial charge in [0.2, 0.25) is 0 Å². The van der Waals surface area contributed by atoms with Crippen LogP contribution in [0.15, 0.2) is 218 Å². The number of benzene rings is 9. The lowest BCUT2D eigenvalue weighted by Gasteiger charge is -2.26.